The van der Waals surface area contributed by atoms with Crippen LogP contribution in [0.2, 0.25) is 0 Å². The molecule has 0 aliphatic carbocycles. The molecule has 3 aromatic rings. The molecular weight excluding hydrogens is 324 g/mol. The van der Waals surface area contributed by atoms with Gasteiger partial charge in [0.2, 0.25) is 10.0 Å². The van der Waals surface area contributed by atoms with Crippen molar-refractivity contribution in [2.24, 2.45) is 0 Å². The Balaban J connectivity index is 1.79. The van der Waals surface area contributed by atoms with Crippen LogP contribution in [0.15, 0.2) is 59.6 Å². The predicted octanol–water partition coefficient (Wildman–Crippen LogP) is 2.45. The summed E-state index contributed by atoms with van der Waals surface area (Å²) in [6.07, 6.45) is 1.47. The van der Waals surface area contributed by atoms with Crippen LogP contribution in [0.3, 0.4) is 0 Å². The number of H-pyrrole nitrogens is 1. The first-order valence-electron chi connectivity index (χ1n) is 7.80. The van der Waals surface area contributed by atoms with Crippen LogP contribution in [-0.4, -0.2) is 35.9 Å². The second kappa shape index (κ2) is 5.44. The van der Waals surface area contributed by atoms with Crippen LogP contribution in [0, 0.1) is 0 Å². The first kappa shape index (κ1) is 15.4. The van der Waals surface area contributed by atoms with Gasteiger partial charge in [-0.1, -0.05) is 36.4 Å². The number of nitrogens with one attached hydrogen (secondary N) is 1. The Morgan fingerprint density at radius 1 is 1.12 bits per heavy atom. The number of likely N-dealkylation sites (N-methyl/N-ethyl adjacent to an activating group) is 1. The van der Waals surface area contributed by atoms with Gasteiger partial charge in [-0.05, 0) is 24.1 Å². The van der Waals surface area contributed by atoms with Crippen LogP contribution in [-0.2, 0) is 16.4 Å². The van der Waals surface area contributed by atoms with Crippen molar-refractivity contribution in [3.63, 3.8) is 0 Å². The molecule has 1 aliphatic rings. The van der Waals surface area contributed by atoms with Crippen molar-refractivity contribution in [1.29, 1.82) is 0 Å². The quantitative estimate of drug-likeness (QED) is 0.751. The second-order valence-corrected chi connectivity index (χ2v) is 8.10. The Hall–Kier alpha value is -2.15. The highest BCUT2D eigenvalue weighted by Gasteiger charge is 2.41. The van der Waals surface area contributed by atoms with Crippen molar-refractivity contribution in [2.45, 2.75) is 23.5 Å². The van der Waals surface area contributed by atoms with Crippen LogP contribution in [0.1, 0.15) is 17.2 Å². The summed E-state index contributed by atoms with van der Waals surface area (Å²) >= 11 is 0. The molecule has 2 heterocycles. The van der Waals surface area contributed by atoms with Crippen molar-refractivity contribution >= 4 is 20.9 Å². The van der Waals surface area contributed by atoms with Crippen molar-refractivity contribution in [2.75, 3.05) is 7.05 Å². The summed E-state index contributed by atoms with van der Waals surface area (Å²) in [5, 5.41) is 11.8. The Bertz CT molecular complexity index is 1010. The maximum Gasteiger partial charge on any atom is 0.243 e. The second-order valence-electron chi connectivity index (χ2n) is 6.13. The van der Waals surface area contributed by atoms with Gasteiger partial charge in [-0.15, -0.1) is 0 Å². The Morgan fingerprint density at radius 2 is 1.83 bits per heavy atom. The fourth-order valence-electron chi connectivity index (χ4n) is 3.47. The average Bonchev–Trinajstić information content (AvgIpc) is 3.00. The molecule has 5 nitrogen and oxygen atoms in total. The largest absolute Gasteiger partial charge is 0.387 e. The third-order valence-corrected chi connectivity index (χ3v) is 6.79. The van der Waals surface area contributed by atoms with E-state index in [0.29, 0.717) is 12.0 Å². The molecule has 0 saturated heterocycles. The first-order valence-corrected chi connectivity index (χ1v) is 9.24. The van der Waals surface area contributed by atoms with E-state index >= 15 is 0 Å². The van der Waals surface area contributed by atoms with Gasteiger partial charge in [-0.2, -0.15) is 4.31 Å². The van der Waals surface area contributed by atoms with E-state index in [1.54, 1.807) is 24.3 Å². The van der Waals surface area contributed by atoms with Crippen LogP contribution >= 0.6 is 0 Å². The predicted molar refractivity (Wildman–Crippen MR) is 92.1 cm³/mol. The number of nitrogens with zero attached hydrogens (tertiary/aromatic N) is 1. The summed E-state index contributed by atoms with van der Waals surface area (Å²) < 4.78 is 26.8. The van der Waals surface area contributed by atoms with Crippen molar-refractivity contribution in [1.82, 2.24) is 9.29 Å². The standard InChI is InChI=1S/C18H18N2O3S/c1-20-16(10-12-11-19-15-8-4-2-6-13(12)15)18(21)14-7-3-5-9-17(14)24(20,22)23/h2-9,11,16,18-19,21H,10H2,1H3/t16-,18+/m1/s1. The molecule has 4 rings (SSSR count). The van der Waals surface area contributed by atoms with Crippen molar-refractivity contribution in [3.8, 4) is 0 Å². The molecule has 124 valence electrons. The topological polar surface area (TPSA) is 73.4 Å². The molecule has 0 saturated carbocycles. The lowest BCUT2D eigenvalue weighted by atomic mass is 9.95. The summed E-state index contributed by atoms with van der Waals surface area (Å²) in [4.78, 5) is 3.39. The van der Waals surface area contributed by atoms with Gasteiger partial charge in [0.1, 0.15) is 0 Å². The van der Waals surface area contributed by atoms with Gasteiger partial charge in [0.25, 0.3) is 0 Å². The lowest BCUT2D eigenvalue weighted by Gasteiger charge is -2.37. The summed E-state index contributed by atoms with van der Waals surface area (Å²) in [6.45, 7) is 0. The molecule has 24 heavy (non-hydrogen) atoms. The normalized spacial score (nSPS) is 23.2. The van der Waals surface area contributed by atoms with Gasteiger partial charge in [-0.3, -0.25) is 0 Å². The van der Waals surface area contributed by atoms with Crippen molar-refractivity contribution in [3.05, 3.63) is 65.9 Å². The van der Waals surface area contributed by atoms with E-state index in [2.05, 4.69) is 4.98 Å². The number of sulfonamides is 1. The number of hydrogen-bond acceptors (Lipinski definition) is 3. The highest BCUT2D eigenvalue weighted by molar-refractivity contribution is 7.89. The zero-order valence-electron chi connectivity index (χ0n) is 13.2. The molecule has 0 unspecified atom stereocenters. The SMILES string of the molecule is CN1[C@H](Cc2c[nH]c3ccccc23)[C@@H](O)c2ccccc2S1(=O)=O. The van der Waals surface area contributed by atoms with Crippen LogP contribution in [0.25, 0.3) is 10.9 Å². The molecule has 0 fully saturated rings. The number of fused-ring (bicyclic) bond motifs is 2. The summed E-state index contributed by atoms with van der Waals surface area (Å²) in [5.74, 6) is 0. The van der Waals surface area contributed by atoms with Crippen molar-refractivity contribution < 1.29 is 13.5 Å². The minimum Gasteiger partial charge on any atom is -0.387 e. The van der Waals surface area contributed by atoms with Gasteiger partial charge in [0.05, 0.1) is 17.0 Å². The first-order chi connectivity index (χ1) is 11.5. The number of aromatic amines is 1. The zero-order chi connectivity index (χ0) is 16.9. The van der Waals surface area contributed by atoms with Crippen LogP contribution < -0.4 is 0 Å². The van der Waals surface area contributed by atoms with Gasteiger partial charge < -0.3 is 10.1 Å². The third-order valence-electron chi connectivity index (χ3n) is 4.83. The molecule has 0 radical (unpaired) electrons. The summed E-state index contributed by atoms with van der Waals surface area (Å²) in [6, 6.07) is 14.0. The molecule has 0 spiro atoms. The number of hydrogen-bond donors (Lipinski definition) is 2. The zero-order valence-corrected chi connectivity index (χ0v) is 14.0. The third kappa shape index (κ3) is 2.18. The van der Waals surface area contributed by atoms with E-state index in [-0.39, 0.29) is 4.90 Å². The lowest BCUT2D eigenvalue weighted by molar-refractivity contribution is 0.0893. The van der Waals surface area contributed by atoms with E-state index in [1.807, 2.05) is 30.5 Å². The minimum absolute atomic E-state index is 0.190. The summed E-state index contributed by atoms with van der Waals surface area (Å²) in [5.41, 5.74) is 2.47. The number of rotatable bonds is 2. The molecule has 1 aliphatic heterocycles. The maximum atomic E-state index is 12.8. The van der Waals surface area contributed by atoms with Crippen LogP contribution in [0.5, 0.6) is 0 Å². The molecule has 2 atom stereocenters. The fourth-order valence-corrected chi connectivity index (χ4v) is 5.06. The van der Waals surface area contributed by atoms with E-state index in [9.17, 15) is 13.5 Å². The Labute approximate surface area is 140 Å². The van der Waals surface area contributed by atoms with Gasteiger partial charge in [0, 0.05) is 29.7 Å². The van der Waals surface area contributed by atoms with Gasteiger partial charge >= 0.3 is 0 Å². The fraction of sp³-hybridized carbons (Fsp3) is 0.222. The monoisotopic (exact) mass is 342 g/mol. The van der Waals surface area contributed by atoms with Crippen LogP contribution in [0.4, 0.5) is 0 Å². The molecule has 2 N–H and O–H groups in total. The maximum absolute atomic E-state index is 12.8. The number of aromatic nitrogens is 1. The minimum atomic E-state index is -3.60. The van der Waals surface area contributed by atoms with E-state index in [4.69, 9.17) is 0 Å². The molecule has 0 amide bonds. The molecule has 2 aromatic carbocycles. The average molecular weight is 342 g/mol. The molecular formula is C18H18N2O3S. The number of aliphatic hydroxyl groups excluding tert-OH is 1. The molecule has 0 bridgehead atoms. The van der Waals surface area contributed by atoms with E-state index in [0.717, 1.165) is 16.5 Å². The number of aliphatic hydroxyl groups is 1. The number of para-hydroxylation sites is 1. The molecule has 6 heteroatoms. The lowest BCUT2D eigenvalue weighted by Crippen LogP contribution is -2.46. The highest BCUT2D eigenvalue weighted by Crippen LogP contribution is 2.37. The summed E-state index contributed by atoms with van der Waals surface area (Å²) in [7, 11) is -2.06. The smallest absolute Gasteiger partial charge is 0.243 e. The highest BCUT2D eigenvalue weighted by atomic mass is 32.2. The van der Waals surface area contributed by atoms with E-state index < -0.39 is 22.2 Å². The Kier molecular flexibility index (Phi) is 3.49. The molecule has 1 aromatic heterocycles. The van der Waals surface area contributed by atoms with Gasteiger partial charge in [-0.25, -0.2) is 8.42 Å². The van der Waals surface area contributed by atoms with E-state index in [1.165, 1.54) is 11.4 Å². The van der Waals surface area contributed by atoms with Gasteiger partial charge in [0.15, 0.2) is 0 Å². The number of benzene rings is 2. The Morgan fingerprint density at radius 3 is 2.67 bits per heavy atom.